The highest BCUT2D eigenvalue weighted by Crippen LogP contribution is 2.33. The fraction of sp³-hybridized carbons (Fsp3) is 0.625. The molecule has 7 nitrogen and oxygen atoms in total. The molecule has 2 aliphatic rings. The van der Waals surface area contributed by atoms with Crippen LogP contribution < -0.4 is 10.1 Å². The van der Waals surface area contributed by atoms with Gasteiger partial charge in [0, 0.05) is 26.2 Å². The van der Waals surface area contributed by atoms with E-state index in [0.29, 0.717) is 36.1 Å². The van der Waals surface area contributed by atoms with Crippen molar-refractivity contribution in [1.82, 2.24) is 20.2 Å². The largest absolute Gasteiger partial charge is 0.496 e. The van der Waals surface area contributed by atoms with Crippen LogP contribution in [0.2, 0.25) is 0 Å². The predicted octanol–water partition coefficient (Wildman–Crippen LogP) is 3.24. The van der Waals surface area contributed by atoms with Crippen LogP contribution in [0.15, 0.2) is 24.3 Å². The Kier molecular flexibility index (Phi) is 8.25. The second-order valence-electron chi connectivity index (χ2n) is 8.97. The molecule has 1 unspecified atom stereocenters. The van der Waals surface area contributed by atoms with Crippen molar-refractivity contribution in [2.24, 2.45) is 0 Å². The van der Waals surface area contributed by atoms with Crippen LogP contribution in [0, 0.1) is 0 Å². The molecule has 8 heteroatoms. The van der Waals surface area contributed by atoms with Gasteiger partial charge in [0.2, 0.25) is 0 Å². The van der Waals surface area contributed by atoms with Gasteiger partial charge >= 0.3 is 0 Å². The molecular formula is C24H36N4O3S. The smallest absolute Gasteiger partial charge is 0.255 e. The zero-order chi connectivity index (χ0) is 23.3. The Morgan fingerprint density at radius 3 is 2.66 bits per heavy atom. The summed E-state index contributed by atoms with van der Waals surface area (Å²) in [6.45, 7) is 8.39. The number of rotatable bonds is 10. The normalized spacial score (nSPS) is 21.3. The summed E-state index contributed by atoms with van der Waals surface area (Å²) in [5.41, 5.74) is -0.298. The van der Waals surface area contributed by atoms with E-state index in [2.05, 4.69) is 12.2 Å². The first-order valence-corrected chi connectivity index (χ1v) is 12.1. The average Bonchev–Trinajstić information content (AvgIpc) is 2.97. The Hall–Kier alpha value is -2.03. The molecule has 0 aromatic heterocycles. The second-order valence-corrected chi connectivity index (χ2v) is 9.34. The van der Waals surface area contributed by atoms with Gasteiger partial charge in [-0.05, 0) is 44.6 Å². The number of hydrogen-bond donors (Lipinski definition) is 1. The first kappa shape index (κ1) is 24.6. The van der Waals surface area contributed by atoms with Gasteiger partial charge in [-0.2, -0.15) is 0 Å². The van der Waals surface area contributed by atoms with Gasteiger partial charge in [-0.25, -0.2) is 5.01 Å². The second kappa shape index (κ2) is 10.7. The van der Waals surface area contributed by atoms with Crippen molar-refractivity contribution in [2.45, 2.75) is 64.5 Å². The number of hydrazine groups is 1. The SMILES string of the molecule is CCCCCCCN1C(=O)C(C)(C)N(N2CCNCC2C(=O)c2ccccc2OC)C1=S. The molecule has 2 fully saturated rings. The maximum Gasteiger partial charge on any atom is 0.255 e. The van der Waals surface area contributed by atoms with E-state index in [4.69, 9.17) is 17.0 Å². The maximum atomic E-state index is 13.6. The number of Topliss-reactive ketones (excluding diaryl/α,β-unsaturated/α-hetero) is 1. The summed E-state index contributed by atoms with van der Waals surface area (Å²) in [7, 11) is 1.57. The number of thiocarbonyl (C=S) groups is 1. The topological polar surface area (TPSA) is 65.1 Å². The third-order valence-corrected chi connectivity index (χ3v) is 6.74. The van der Waals surface area contributed by atoms with Gasteiger partial charge < -0.3 is 10.1 Å². The summed E-state index contributed by atoms with van der Waals surface area (Å²) in [5.74, 6) is 0.509. The van der Waals surface area contributed by atoms with Crippen molar-refractivity contribution < 1.29 is 14.3 Å². The van der Waals surface area contributed by atoms with Crippen LogP contribution in [0.1, 0.15) is 63.2 Å². The molecule has 1 aromatic carbocycles. The standard InChI is InChI=1S/C24H36N4O3S/c1-5-6-7-8-11-15-26-22(30)24(2,3)28(23(26)32)27-16-14-25-17-19(27)21(29)18-12-9-10-13-20(18)31-4/h9-10,12-13,19,25H,5-8,11,14-17H2,1-4H3. The van der Waals surface area contributed by atoms with Crippen molar-refractivity contribution in [3.05, 3.63) is 29.8 Å². The number of nitrogens with zero attached hydrogens (tertiary/aromatic N) is 3. The lowest BCUT2D eigenvalue weighted by atomic mass is 10.00. The lowest BCUT2D eigenvalue weighted by Gasteiger charge is -2.45. The molecule has 0 aliphatic carbocycles. The van der Waals surface area contributed by atoms with Crippen molar-refractivity contribution in [2.75, 3.05) is 33.3 Å². The van der Waals surface area contributed by atoms with E-state index in [1.807, 2.05) is 36.0 Å². The summed E-state index contributed by atoms with van der Waals surface area (Å²) in [6, 6.07) is 6.79. The number of amides is 1. The zero-order valence-corrected chi connectivity index (χ0v) is 20.5. The van der Waals surface area contributed by atoms with Gasteiger partial charge in [0.15, 0.2) is 10.9 Å². The third-order valence-electron chi connectivity index (χ3n) is 6.34. The number of ketones is 1. The molecule has 2 aliphatic heterocycles. The fourth-order valence-corrected chi connectivity index (χ4v) is 5.06. The van der Waals surface area contributed by atoms with E-state index in [1.165, 1.54) is 19.3 Å². The molecule has 2 heterocycles. The molecule has 1 aromatic rings. The fourth-order valence-electron chi connectivity index (χ4n) is 4.55. The molecule has 176 valence electrons. The van der Waals surface area contributed by atoms with Crippen LogP contribution >= 0.6 is 12.2 Å². The Morgan fingerprint density at radius 1 is 1.22 bits per heavy atom. The summed E-state index contributed by atoms with van der Waals surface area (Å²) >= 11 is 5.81. The van der Waals surface area contributed by atoms with Gasteiger partial charge in [-0.3, -0.25) is 19.5 Å². The van der Waals surface area contributed by atoms with Crippen LogP contribution in [0.5, 0.6) is 5.75 Å². The summed E-state index contributed by atoms with van der Waals surface area (Å²) in [6.07, 6.45) is 5.59. The number of methoxy groups -OCH3 is 1. The highest BCUT2D eigenvalue weighted by atomic mass is 32.1. The predicted molar refractivity (Wildman–Crippen MR) is 130 cm³/mol. The minimum Gasteiger partial charge on any atom is -0.496 e. The van der Waals surface area contributed by atoms with Crippen LogP contribution in [0.25, 0.3) is 0 Å². The lowest BCUT2D eigenvalue weighted by molar-refractivity contribution is -0.138. The molecule has 0 saturated carbocycles. The molecule has 1 N–H and O–H groups in total. The van der Waals surface area contributed by atoms with Crippen molar-refractivity contribution >= 4 is 29.0 Å². The Balaban J connectivity index is 1.82. The van der Waals surface area contributed by atoms with Crippen molar-refractivity contribution in [3.63, 3.8) is 0 Å². The quantitative estimate of drug-likeness (QED) is 0.327. The van der Waals surface area contributed by atoms with E-state index in [-0.39, 0.29) is 11.7 Å². The van der Waals surface area contributed by atoms with Crippen LogP contribution in [-0.4, -0.2) is 76.6 Å². The van der Waals surface area contributed by atoms with E-state index in [0.717, 1.165) is 19.4 Å². The summed E-state index contributed by atoms with van der Waals surface area (Å²) in [4.78, 5) is 28.6. The van der Waals surface area contributed by atoms with Crippen molar-refractivity contribution in [1.29, 1.82) is 0 Å². The Labute approximate surface area is 197 Å². The molecule has 2 saturated heterocycles. The molecule has 32 heavy (non-hydrogen) atoms. The first-order valence-electron chi connectivity index (χ1n) is 11.6. The average molecular weight is 461 g/mol. The first-order chi connectivity index (χ1) is 15.3. The van der Waals surface area contributed by atoms with E-state index in [1.54, 1.807) is 24.1 Å². The molecule has 1 atom stereocenters. The zero-order valence-electron chi connectivity index (χ0n) is 19.7. The molecule has 0 bridgehead atoms. The highest BCUT2D eigenvalue weighted by molar-refractivity contribution is 7.80. The maximum absolute atomic E-state index is 13.6. The van der Waals surface area contributed by atoms with Crippen LogP contribution in [0.3, 0.4) is 0 Å². The van der Waals surface area contributed by atoms with Crippen LogP contribution in [-0.2, 0) is 4.79 Å². The highest BCUT2D eigenvalue weighted by Gasteiger charge is 2.53. The Morgan fingerprint density at radius 2 is 1.94 bits per heavy atom. The van der Waals surface area contributed by atoms with Gasteiger partial charge in [0.1, 0.15) is 17.3 Å². The molecule has 0 radical (unpaired) electrons. The molecular weight excluding hydrogens is 424 g/mol. The number of carbonyl (C=O) groups is 2. The number of para-hydroxylation sites is 1. The van der Waals surface area contributed by atoms with Gasteiger partial charge in [-0.15, -0.1) is 0 Å². The van der Waals surface area contributed by atoms with E-state index < -0.39 is 11.6 Å². The van der Waals surface area contributed by atoms with E-state index >= 15 is 0 Å². The number of unbranched alkanes of at least 4 members (excludes halogenated alkanes) is 4. The number of carbonyl (C=O) groups excluding carboxylic acids is 2. The summed E-state index contributed by atoms with van der Waals surface area (Å²) in [5, 5.41) is 7.69. The number of nitrogens with one attached hydrogen (secondary N) is 1. The number of piperazine rings is 1. The molecule has 1 amide bonds. The number of benzene rings is 1. The minimum atomic E-state index is -0.836. The van der Waals surface area contributed by atoms with Gasteiger partial charge in [0.05, 0.1) is 12.7 Å². The molecule has 0 spiro atoms. The van der Waals surface area contributed by atoms with Gasteiger partial charge in [-0.1, -0.05) is 44.7 Å². The Bertz CT molecular complexity index is 844. The van der Waals surface area contributed by atoms with Crippen molar-refractivity contribution in [3.8, 4) is 5.75 Å². The monoisotopic (exact) mass is 460 g/mol. The van der Waals surface area contributed by atoms with Gasteiger partial charge in [0.25, 0.3) is 5.91 Å². The number of ether oxygens (including phenoxy) is 1. The van der Waals surface area contributed by atoms with E-state index in [9.17, 15) is 9.59 Å². The third kappa shape index (κ3) is 4.82. The van der Waals surface area contributed by atoms with Crippen LogP contribution in [0.4, 0.5) is 0 Å². The number of hydrogen-bond acceptors (Lipinski definition) is 6. The summed E-state index contributed by atoms with van der Waals surface area (Å²) < 4.78 is 5.42. The molecule has 3 rings (SSSR count). The minimum absolute atomic E-state index is 0.0000137. The lowest BCUT2D eigenvalue weighted by Crippen LogP contribution is -2.65.